The predicted molar refractivity (Wildman–Crippen MR) is 139 cm³/mol. The van der Waals surface area contributed by atoms with Crippen LogP contribution in [0.5, 0.6) is 5.75 Å². The summed E-state index contributed by atoms with van der Waals surface area (Å²) in [5, 5.41) is 21.1. The number of nitrogens with zero attached hydrogens (tertiary/aromatic N) is 4. The molecule has 3 heterocycles. The maximum Gasteiger partial charge on any atom is 0.223 e. The zero-order valence-corrected chi connectivity index (χ0v) is 20.1. The van der Waals surface area contributed by atoms with Crippen LogP contribution in [0.3, 0.4) is 0 Å². The molecule has 4 aromatic rings. The SMILES string of the molecule is COc1ccc(-c2nn3c(NCCCCO)cccc3c2-c2ccnc(NC3CCCC3)n2)cc1. The summed E-state index contributed by atoms with van der Waals surface area (Å²) >= 11 is 0. The van der Waals surface area contributed by atoms with E-state index in [1.54, 1.807) is 7.11 Å². The van der Waals surface area contributed by atoms with Gasteiger partial charge in [0.25, 0.3) is 0 Å². The van der Waals surface area contributed by atoms with Crippen LogP contribution in [-0.4, -0.2) is 51.0 Å². The Bertz CT molecular complexity index is 1260. The molecule has 3 N–H and O–H groups in total. The first-order chi connectivity index (χ1) is 17.3. The van der Waals surface area contributed by atoms with Gasteiger partial charge in [0.05, 0.1) is 23.9 Å². The minimum absolute atomic E-state index is 0.199. The smallest absolute Gasteiger partial charge is 0.223 e. The monoisotopic (exact) mass is 472 g/mol. The van der Waals surface area contributed by atoms with Gasteiger partial charge in [-0.05, 0) is 68.1 Å². The number of hydrogen-bond acceptors (Lipinski definition) is 7. The molecule has 8 heteroatoms. The van der Waals surface area contributed by atoms with Gasteiger partial charge in [-0.2, -0.15) is 5.10 Å². The van der Waals surface area contributed by atoms with Crippen LogP contribution in [0.15, 0.2) is 54.7 Å². The summed E-state index contributed by atoms with van der Waals surface area (Å²) in [7, 11) is 1.67. The molecule has 182 valence electrons. The Labute approximate surface area is 205 Å². The Balaban J connectivity index is 1.59. The van der Waals surface area contributed by atoms with Gasteiger partial charge in [0.1, 0.15) is 17.3 Å². The van der Waals surface area contributed by atoms with Gasteiger partial charge in [-0.1, -0.05) is 18.9 Å². The molecule has 1 saturated carbocycles. The van der Waals surface area contributed by atoms with E-state index in [4.69, 9.17) is 19.9 Å². The van der Waals surface area contributed by atoms with E-state index >= 15 is 0 Å². The highest BCUT2D eigenvalue weighted by Gasteiger charge is 2.21. The zero-order chi connectivity index (χ0) is 24.0. The molecule has 1 aliphatic rings. The van der Waals surface area contributed by atoms with Crippen molar-refractivity contribution >= 4 is 17.3 Å². The Hall–Kier alpha value is -3.65. The number of ether oxygens (including phenoxy) is 1. The number of pyridine rings is 1. The lowest BCUT2D eigenvalue weighted by atomic mass is 10.0. The summed E-state index contributed by atoms with van der Waals surface area (Å²) in [5.74, 6) is 2.36. The molecule has 1 fully saturated rings. The number of unbranched alkanes of at least 4 members (excludes halogenated alkanes) is 1. The van der Waals surface area contributed by atoms with Crippen molar-refractivity contribution < 1.29 is 9.84 Å². The van der Waals surface area contributed by atoms with Gasteiger partial charge in [0, 0.05) is 31.0 Å². The molecule has 0 radical (unpaired) electrons. The first kappa shape index (κ1) is 23.1. The lowest BCUT2D eigenvalue weighted by Gasteiger charge is -2.12. The molecule has 1 aromatic carbocycles. The Kier molecular flexibility index (Phi) is 7.09. The largest absolute Gasteiger partial charge is 0.497 e. The standard InChI is InChI=1S/C27H32N6O2/c1-35-21-13-11-19(12-14-21)26-25(22-15-17-29-27(31-22)30-20-7-2-3-8-20)23-9-6-10-24(33(23)32-26)28-16-4-5-18-34/h6,9-15,17,20,28,34H,2-5,7-8,16,18H2,1H3,(H,29,30,31). The van der Waals surface area contributed by atoms with E-state index in [0.717, 1.165) is 71.8 Å². The number of hydrogen-bond donors (Lipinski definition) is 3. The molecule has 3 aromatic heterocycles. The molecule has 35 heavy (non-hydrogen) atoms. The molecule has 0 atom stereocenters. The van der Waals surface area contributed by atoms with Crippen LogP contribution in [0.4, 0.5) is 11.8 Å². The molecule has 0 saturated heterocycles. The first-order valence-corrected chi connectivity index (χ1v) is 12.4. The molecule has 0 bridgehead atoms. The summed E-state index contributed by atoms with van der Waals surface area (Å²) in [5.41, 5.74) is 4.60. The van der Waals surface area contributed by atoms with Crippen LogP contribution in [0.1, 0.15) is 38.5 Å². The third-order valence-corrected chi connectivity index (χ3v) is 6.51. The second-order valence-electron chi connectivity index (χ2n) is 8.91. The molecule has 0 unspecified atom stereocenters. The van der Waals surface area contributed by atoms with Crippen molar-refractivity contribution in [2.45, 2.75) is 44.6 Å². The molecular weight excluding hydrogens is 440 g/mol. The Morgan fingerprint density at radius 2 is 1.89 bits per heavy atom. The van der Waals surface area contributed by atoms with Gasteiger partial charge in [0.15, 0.2) is 0 Å². The minimum atomic E-state index is 0.199. The highest BCUT2D eigenvalue weighted by atomic mass is 16.5. The van der Waals surface area contributed by atoms with Crippen molar-refractivity contribution in [1.29, 1.82) is 0 Å². The quantitative estimate of drug-likeness (QED) is 0.279. The molecule has 8 nitrogen and oxygen atoms in total. The maximum atomic E-state index is 9.10. The van der Waals surface area contributed by atoms with Crippen LogP contribution in [0, 0.1) is 0 Å². The summed E-state index contributed by atoms with van der Waals surface area (Å²) in [6, 6.07) is 16.5. The summed E-state index contributed by atoms with van der Waals surface area (Å²) in [6.07, 6.45) is 8.29. The van der Waals surface area contributed by atoms with Crippen LogP contribution in [-0.2, 0) is 0 Å². The lowest BCUT2D eigenvalue weighted by Crippen LogP contribution is -2.16. The molecule has 1 aliphatic carbocycles. The second kappa shape index (κ2) is 10.7. The van der Waals surface area contributed by atoms with Crippen LogP contribution in [0.2, 0.25) is 0 Å². The van der Waals surface area contributed by atoms with E-state index in [1.807, 2.05) is 53.2 Å². The van der Waals surface area contributed by atoms with E-state index in [1.165, 1.54) is 12.8 Å². The van der Waals surface area contributed by atoms with Gasteiger partial charge in [0.2, 0.25) is 5.95 Å². The lowest BCUT2D eigenvalue weighted by molar-refractivity contribution is 0.286. The topological polar surface area (TPSA) is 96.6 Å². The first-order valence-electron chi connectivity index (χ1n) is 12.4. The molecule has 0 spiro atoms. The maximum absolute atomic E-state index is 9.10. The number of methoxy groups -OCH3 is 1. The molecule has 5 rings (SSSR count). The van der Waals surface area contributed by atoms with Gasteiger partial charge >= 0.3 is 0 Å². The van der Waals surface area contributed by atoms with Crippen molar-refractivity contribution in [3.05, 3.63) is 54.7 Å². The fraction of sp³-hybridized carbons (Fsp3) is 0.370. The van der Waals surface area contributed by atoms with E-state index in [0.29, 0.717) is 12.0 Å². The molecule has 0 aliphatic heterocycles. The fourth-order valence-corrected chi connectivity index (χ4v) is 4.68. The van der Waals surface area contributed by atoms with Gasteiger partial charge in [-0.3, -0.25) is 0 Å². The number of aliphatic hydroxyl groups excluding tert-OH is 1. The van der Waals surface area contributed by atoms with E-state index in [-0.39, 0.29) is 6.61 Å². The van der Waals surface area contributed by atoms with Crippen molar-refractivity contribution in [1.82, 2.24) is 19.6 Å². The highest BCUT2D eigenvalue weighted by molar-refractivity contribution is 5.91. The average molecular weight is 473 g/mol. The predicted octanol–water partition coefficient (Wildman–Crippen LogP) is 5.01. The van der Waals surface area contributed by atoms with E-state index in [9.17, 15) is 0 Å². The van der Waals surface area contributed by atoms with Gasteiger partial charge in [-0.15, -0.1) is 0 Å². The van der Waals surface area contributed by atoms with Crippen LogP contribution in [0.25, 0.3) is 28.0 Å². The van der Waals surface area contributed by atoms with E-state index < -0.39 is 0 Å². The second-order valence-corrected chi connectivity index (χ2v) is 8.91. The average Bonchev–Trinajstić information content (AvgIpc) is 3.55. The number of rotatable bonds is 10. The third kappa shape index (κ3) is 5.07. The molecular formula is C27H32N6O2. The van der Waals surface area contributed by atoms with Gasteiger partial charge < -0.3 is 20.5 Å². The number of aromatic nitrogens is 4. The third-order valence-electron chi connectivity index (χ3n) is 6.51. The number of aliphatic hydroxyl groups is 1. The van der Waals surface area contributed by atoms with E-state index in [2.05, 4.69) is 21.7 Å². The number of nitrogens with one attached hydrogen (secondary N) is 2. The minimum Gasteiger partial charge on any atom is -0.497 e. The van der Waals surface area contributed by atoms with Crippen molar-refractivity contribution in [2.24, 2.45) is 0 Å². The number of benzene rings is 1. The number of fused-ring (bicyclic) bond motifs is 1. The van der Waals surface area contributed by atoms with Crippen molar-refractivity contribution in [3.63, 3.8) is 0 Å². The number of anilines is 2. The van der Waals surface area contributed by atoms with Crippen LogP contribution >= 0.6 is 0 Å². The normalized spacial score (nSPS) is 13.9. The van der Waals surface area contributed by atoms with Crippen molar-refractivity contribution in [3.8, 4) is 28.3 Å². The summed E-state index contributed by atoms with van der Waals surface area (Å²) in [4.78, 5) is 9.41. The molecule has 0 amide bonds. The summed E-state index contributed by atoms with van der Waals surface area (Å²) in [6.45, 7) is 0.958. The van der Waals surface area contributed by atoms with Gasteiger partial charge in [-0.25, -0.2) is 14.5 Å². The Morgan fingerprint density at radius 3 is 2.66 bits per heavy atom. The summed E-state index contributed by atoms with van der Waals surface area (Å²) < 4.78 is 7.30. The zero-order valence-electron chi connectivity index (χ0n) is 20.1. The fourth-order valence-electron chi connectivity index (χ4n) is 4.68. The van der Waals surface area contributed by atoms with Crippen molar-refractivity contribution in [2.75, 3.05) is 30.9 Å². The highest BCUT2D eigenvalue weighted by Crippen LogP contribution is 2.36. The van der Waals surface area contributed by atoms with Crippen LogP contribution < -0.4 is 15.4 Å². The Morgan fingerprint density at radius 1 is 1.06 bits per heavy atom.